The van der Waals surface area contributed by atoms with E-state index in [2.05, 4.69) is 10.7 Å². The van der Waals surface area contributed by atoms with E-state index < -0.39 is 17.4 Å². The highest BCUT2D eigenvalue weighted by molar-refractivity contribution is 5.41. The average molecular weight is 168 g/mol. The molecule has 0 N–H and O–H groups in total. The zero-order chi connectivity index (χ0) is 9.14. The Bertz CT molecular complexity index is 339. The van der Waals surface area contributed by atoms with E-state index in [0.717, 1.165) is 6.07 Å². The standard InChI is InChI=1S/C9H6F2O/c1-3-6-4-5-7(10)9(12-2)8(6)11/h1,4-5H,2H3. The number of halogens is 2. The maximum Gasteiger partial charge on any atom is 0.191 e. The lowest BCUT2D eigenvalue weighted by atomic mass is 10.2. The van der Waals surface area contributed by atoms with Crippen LogP contribution in [-0.2, 0) is 0 Å². The van der Waals surface area contributed by atoms with Crippen LogP contribution in [0.3, 0.4) is 0 Å². The second kappa shape index (κ2) is 3.22. The van der Waals surface area contributed by atoms with Gasteiger partial charge in [0.05, 0.1) is 12.7 Å². The number of rotatable bonds is 1. The van der Waals surface area contributed by atoms with E-state index >= 15 is 0 Å². The first-order valence-electron chi connectivity index (χ1n) is 3.19. The van der Waals surface area contributed by atoms with E-state index in [4.69, 9.17) is 6.42 Å². The lowest BCUT2D eigenvalue weighted by molar-refractivity contribution is 0.359. The topological polar surface area (TPSA) is 9.23 Å². The van der Waals surface area contributed by atoms with Crippen molar-refractivity contribution in [1.82, 2.24) is 0 Å². The molecule has 0 unspecified atom stereocenters. The van der Waals surface area contributed by atoms with E-state index in [9.17, 15) is 8.78 Å². The number of terminal acetylenes is 1. The smallest absolute Gasteiger partial charge is 0.191 e. The van der Waals surface area contributed by atoms with Crippen molar-refractivity contribution in [2.24, 2.45) is 0 Å². The number of methoxy groups -OCH3 is 1. The molecule has 1 rings (SSSR count). The molecule has 1 aromatic carbocycles. The van der Waals surface area contributed by atoms with Crippen LogP contribution in [0.4, 0.5) is 8.78 Å². The van der Waals surface area contributed by atoms with Crippen LogP contribution in [0, 0.1) is 24.0 Å². The van der Waals surface area contributed by atoms with Crippen LogP contribution >= 0.6 is 0 Å². The molecule has 0 atom stereocenters. The molecule has 1 aromatic rings. The van der Waals surface area contributed by atoms with Gasteiger partial charge in [-0.15, -0.1) is 6.42 Å². The van der Waals surface area contributed by atoms with Crippen LogP contribution < -0.4 is 4.74 Å². The predicted octanol–water partition coefficient (Wildman–Crippen LogP) is 1.95. The lowest BCUT2D eigenvalue weighted by Gasteiger charge is -2.03. The average Bonchev–Trinajstić information content (AvgIpc) is 2.06. The summed E-state index contributed by atoms with van der Waals surface area (Å²) in [6, 6.07) is 2.25. The number of hydrogen-bond donors (Lipinski definition) is 0. The van der Waals surface area contributed by atoms with Gasteiger partial charge in [-0.1, -0.05) is 5.92 Å². The fraction of sp³-hybridized carbons (Fsp3) is 0.111. The van der Waals surface area contributed by atoms with Gasteiger partial charge in [0.25, 0.3) is 0 Å². The van der Waals surface area contributed by atoms with Gasteiger partial charge >= 0.3 is 0 Å². The zero-order valence-corrected chi connectivity index (χ0v) is 6.40. The summed E-state index contributed by atoms with van der Waals surface area (Å²) in [5.74, 6) is 0.0472. The van der Waals surface area contributed by atoms with Crippen LogP contribution in [0.2, 0.25) is 0 Å². The molecular weight excluding hydrogens is 162 g/mol. The molecule has 0 fully saturated rings. The fourth-order valence-electron chi connectivity index (χ4n) is 0.831. The summed E-state index contributed by atoms with van der Waals surface area (Å²) in [6.07, 6.45) is 4.96. The quantitative estimate of drug-likeness (QED) is 0.582. The minimum absolute atomic E-state index is 0.00625. The van der Waals surface area contributed by atoms with E-state index in [-0.39, 0.29) is 5.56 Å². The highest BCUT2D eigenvalue weighted by atomic mass is 19.1. The molecule has 0 aliphatic heterocycles. The Balaban J connectivity index is 3.36. The normalized spacial score (nSPS) is 9.17. The van der Waals surface area contributed by atoms with Crippen LogP contribution in [-0.4, -0.2) is 7.11 Å². The van der Waals surface area contributed by atoms with Gasteiger partial charge in [-0.25, -0.2) is 8.78 Å². The van der Waals surface area contributed by atoms with Crippen molar-refractivity contribution in [3.8, 4) is 18.1 Å². The zero-order valence-electron chi connectivity index (χ0n) is 6.40. The first kappa shape index (κ1) is 8.54. The SMILES string of the molecule is C#Cc1ccc(F)c(OC)c1F. The molecule has 0 aliphatic carbocycles. The Labute approximate surface area is 69.0 Å². The van der Waals surface area contributed by atoms with Gasteiger partial charge in [0.15, 0.2) is 17.4 Å². The Morgan fingerprint density at radius 3 is 2.58 bits per heavy atom. The van der Waals surface area contributed by atoms with Crippen LogP contribution in [0.15, 0.2) is 12.1 Å². The minimum atomic E-state index is -0.833. The highest BCUT2D eigenvalue weighted by Crippen LogP contribution is 2.23. The van der Waals surface area contributed by atoms with Crippen molar-refractivity contribution in [2.45, 2.75) is 0 Å². The second-order valence-electron chi connectivity index (χ2n) is 2.09. The Hall–Kier alpha value is -1.56. The van der Waals surface area contributed by atoms with Gasteiger partial charge in [0.1, 0.15) is 0 Å². The molecule has 3 heteroatoms. The third-order valence-corrected chi connectivity index (χ3v) is 1.41. The summed E-state index contributed by atoms with van der Waals surface area (Å²) < 4.78 is 30.2. The molecule has 0 radical (unpaired) electrons. The molecule has 62 valence electrons. The number of ether oxygens (including phenoxy) is 1. The van der Waals surface area contributed by atoms with E-state index in [0.29, 0.717) is 0 Å². The lowest BCUT2D eigenvalue weighted by Crippen LogP contribution is -1.94. The second-order valence-corrected chi connectivity index (χ2v) is 2.09. The third kappa shape index (κ3) is 1.24. The molecular formula is C9H6F2O. The Morgan fingerprint density at radius 1 is 1.42 bits per heavy atom. The molecule has 0 spiro atoms. The van der Waals surface area contributed by atoms with E-state index in [1.165, 1.54) is 13.2 Å². The molecule has 12 heavy (non-hydrogen) atoms. The van der Waals surface area contributed by atoms with Gasteiger partial charge < -0.3 is 4.74 Å². The minimum Gasteiger partial charge on any atom is -0.491 e. The molecule has 0 amide bonds. The van der Waals surface area contributed by atoms with Crippen LogP contribution in [0.1, 0.15) is 5.56 Å². The summed E-state index contributed by atoms with van der Waals surface area (Å²) >= 11 is 0. The van der Waals surface area contributed by atoms with Gasteiger partial charge in [0, 0.05) is 0 Å². The van der Waals surface area contributed by atoms with Gasteiger partial charge in [-0.3, -0.25) is 0 Å². The monoisotopic (exact) mass is 168 g/mol. The molecule has 0 heterocycles. The first-order valence-corrected chi connectivity index (χ1v) is 3.19. The Kier molecular flexibility index (Phi) is 2.29. The molecule has 0 aromatic heterocycles. The van der Waals surface area contributed by atoms with Crippen molar-refractivity contribution in [2.75, 3.05) is 7.11 Å². The predicted molar refractivity (Wildman–Crippen MR) is 40.8 cm³/mol. The van der Waals surface area contributed by atoms with Crippen LogP contribution in [0.5, 0.6) is 5.75 Å². The summed E-state index contributed by atoms with van der Waals surface area (Å²) in [7, 11) is 1.18. The third-order valence-electron chi connectivity index (χ3n) is 1.41. The molecule has 0 aliphatic rings. The summed E-state index contributed by atoms with van der Waals surface area (Å²) in [4.78, 5) is 0. The summed E-state index contributed by atoms with van der Waals surface area (Å²) in [6.45, 7) is 0. The summed E-state index contributed by atoms with van der Waals surface area (Å²) in [5.41, 5.74) is -0.00625. The molecule has 0 saturated carbocycles. The van der Waals surface area contributed by atoms with Crippen molar-refractivity contribution < 1.29 is 13.5 Å². The Morgan fingerprint density at radius 2 is 2.08 bits per heavy atom. The number of benzene rings is 1. The molecule has 0 saturated heterocycles. The first-order chi connectivity index (χ1) is 5.70. The van der Waals surface area contributed by atoms with Crippen molar-refractivity contribution in [3.63, 3.8) is 0 Å². The van der Waals surface area contributed by atoms with Crippen molar-refractivity contribution >= 4 is 0 Å². The molecule has 0 bridgehead atoms. The molecule has 1 nitrogen and oxygen atoms in total. The van der Waals surface area contributed by atoms with Gasteiger partial charge in [0.2, 0.25) is 0 Å². The van der Waals surface area contributed by atoms with Gasteiger partial charge in [-0.05, 0) is 12.1 Å². The highest BCUT2D eigenvalue weighted by Gasteiger charge is 2.11. The maximum atomic E-state index is 13.0. The largest absolute Gasteiger partial charge is 0.491 e. The fourth-order valence-corrected chi connectivity index (χ4v) is 0.831. The van der Waals surface area contributed by atoms with E-state index in [1.807, 2.05) is 0 Å². The van der Waals surface area contributed by atoms with Crippen LogP contribution in [0.25, 0.3) is 0 Å². The number of hydrogen-bond acceptors (Lipinski definition) is 1. The maximum absolute atomic E-state index is 13.0. The van der Waals surface area contributed by atoms with Crippen molar-refractivity contribution in [1.29, 1.82) is 0 Å². The van der Waals surface area contributed by atoms with Gasteiger partial charge in [-0.2, -0.15) is 0 Å². The summed E-state index contributed by atoms with van der Waals surface area (Å²) in [5, 5.41) is 0. The van der Waals surface area contributed by atoms with Crippen molar-refractivity contribution in [3.05, 3.63) is 29.3 Å². The van der Waals surface area contributed by atoms with E-state index in [1.54, 1.807) is 0 Å².